The van der Waals surface area contributed by atoms with Gasteiger partial charge in [0.1, 0.15) is 5.82 Å². The molecule has 0 aliphatic carbocycles. The second-order valence-electron chi connectivity index (χ2n) is 5.52. The van der Waals surface area contributed by atoms with E-state index in [2.05, 4.69) is 32.6 Å². The molecular weight excluding hydrogens is 306 g/mol. The molecule has 0 unspecified atom stereocenters. The Labute approximate surface area is 141 Å². The number of aromatic nitrogens is 4. The van der Waals surface area contributed by atoms with Crippen LogP contribution >= 0.6 is 0 Å². The maximum Gasteiger partial charge on any atom is 0.254 e. The number of carbonyl (C=O) groups excluding carboxylic acids is 1. The van der Waals surface area contributed by atoms with Crippen molar-refractivity contribution >= 4 is 23.4 Å². The van der Waals surface area contributed by atoms with Crippen molar-refractivity contribution in [1.29, 1.82) is 0 Å². The number of primary amides is 1. The van der Waals surface area contributed by atoms with Gasteiger partial charge in [-0.15, -0.1) is 0 Å². The van der Waals surface area contributed by atoms with Crippen molar-refractivity contribution in [3.63, 3.8) is 0 Å². The van der Waals surface area contributed by atoms with E-state index >= 15 is 0 Å². The first-order chi connectivity index (χ1) is 11.6. The predicted octanol–water partition coefficient (Wildman–Crippen LogP) is 2.53. The molecule has 24 heavy (non-hydrogen) atoms. The number of aryl methyl sites for hydroxylation is 1. The predicted molar refractivity (Wildman–Crippen MR) is 94.4 cm³/mol. The summed E-state index contributed by atoms with van der Waals surface area (Å²) < 4.78 is 1.80. The maximum absolute atomic E-state index is 11.5. The van der Waals surface area contributed by atoms with Crippen LogP contribution in [0.3, 0.4) is 0 Å². The van der Waals surface area contributed by atoms with Crippen molar-refractivity contribution in [2.24, 2.45) is 5.73 Å². The third-order valence-corrected chi connectivity index (χ3v) is 3.59. The zero-order valence-corrected chi connectivity index (χ0v) is 14.2. The molecule has 2 heterocycles. The normalized spacial score (nSPS) is 10.6. The van der Waals surface area contributed by atoms with E-state index in [0.717, 1.165) is 31.6 Å². The number of carbonyl (C=O) groups is 1. The van der Waals surface area contributed by atoms with Gasteiger partial charge in [0.25, 0.3) is 5.91 Å². The molecule has 0 atom stereocenters. The molecule has 0 aliphatic heterocycles. The molecule has 4 N–H and O–H groups in total. The van der Waals surface area contributed by atoms with Crippen LogP contribution in [0.1, 0.15) is 49.9 Å². The molecule has 0 saturated carbocycles. The molecule has 0 fully saturated rings. The Hall–Kier alpha value is -2.64. The third kappa shape index (κ3) is 4.94. The Morgan fingerprint density at radius 1 is 1.25 bits per heavy atom. The number of hydrogen-bond donors (Lipinski definition) is 3. The van der Waals surface area contributed by atoms with Crippen LogP contribution in [-0.2, 0) is 6.54 Å². The molecule has 0 aliphatic rings. The second-order valence-corrected chi connectivity index (χ2v) is 5.52. The highest BCUT2D eigenvalue weighted by Gasteiger charge is 2.12. The summed E-state index contributed by atoms with van der Waals surface area (Å²) in [6.07, 6.45) is 9.54. The molecule has 0 bridgehead atoms. The maximum atomic E-state index is 11.5. The monoisotopic (exact) mass is 331 g/mol. The Morgan fingerprint density at radius 3 is 2.75 bits per heavy atom. The van der Waals surface area contributed by atoms with Crippen LogP contribution in [0.25, 0.3) is 0 Å². The number of rotatable bonds is 10. The molecule has 1 amide bonds. The molecule has 0 radical (unpaired) electrons. The SMILES string of the molecule is CCCCCCNc1nc(Nc2cnn(CC)c2)ncc1C(N)=O. The molecule has 0 spiro atoms. The Morgan fingerprint density at radius 2 is 2.08 bits per heavy atom. The van der Waals surface area contributed by atoms with Crippen molar-refractivity contribution in [3.05, 3.63) is 24.2 Å². The zero-order chi connectivity index (χ0) is 17.4. The minimum absolute atomic E-state index is 0.292. The summed E-state index contributed by atoms with van der Waals surface area (Å²) in [5.74, 6) is 0.308. The van der Waals surface area contributed by atoms with Gasteiger partial charge in [-0.1, -0.05) is 26.2 Å². The first-order valence-corrected chi connectivity index (χ1v) is 8.34. The number of nitrogens with one attached hydrogen (secondary N) is 2. The molecule has 2 rings (SSSR count). The van der Waals surface area contributed by atoms with Gasteiger partial charge in [-0.25, -0.2) is 4.98 Å². The summed E-state index contributed by atoms with van der Waals surface area (Å²) >= 11 is 0. The van der Waals surface area contributed by atoms with E-state index in [9.17, 15) is 4.79 Å². The summed E-state index contributed by atoms with van der Waals surface area (Å²) in [5, 5.41) is 10.4. The second kappa shape index (κ2) is 8.85. The number of hydrogen-bond acceptors (Lipinski definition) is 6. The summed E-state index contributed by atoms with van der Waals surface area (Å²) in [4.78, 5) is 20.1. The number of nitrogens with zero attached hydrogens (tertiary/aromatic N) is 4. The average Bonchev–Trinajstić information content (AvgIpc) is 3.02. The number of anilines is 3. The standard InChI is InChI=1S/C16H25N7O/c1-3-5-6-7-8-18-15-13(14(17)24)10-19-16(22-15)21-12-9-20-23(4-2)11-12/h9-11H,3-8H2,1-2H3,(H2,17,24)(H2,18,19,21,22). The lowest BCUT2D eigenvalue weighted by molar-refractivity contribution is 0.100. The summed E-state index contributed by atoms with van der Waals surface area (Å²) in [7, 11) is 0. The molecular formula is C16H25N7O. The highest BCUT2D eigenvalue weighted by molar-refractivity contribution is 5.97. The molecule has 2 aromatic heterocycles. The van der Waals surface area contributed by atoms with Gasteiger partial charge in [-0.2, -0.15) is 10.1 Å². The number of unbranched alkanes of at least 4 members (excludes halogenated alkanes) is 3. The Balaban J connectivity index is 2.06. The average molecular weight is 331 g/mol. The highest BCUT2D eigenvalue weighted by atomic mass is 16.1. The van der Waals surface area contributed by atoms with Gasteiger partial charge in [0.15, 0.2) is 0 Å². The van der Waals surface area contributed by atoms with E-state index in [1.165, 1.54) is 19.0 Å². The van der Waals surface area contributed by atoms with E-state index in [4.69, 9.17) is 5.73 Å². The van der Waals surface area contributed by atoms with Crippen LogP contribution in [0, 0.1) is 0 Å². The van der Waals surface area contributed by atoms with E-state index < -0.39 is 5.91 Å². The fraction of sp³-hybridized carbons (Fsp3) is 0.500. The smallest absolute Gasteiger partial charge is 0.254 e. The van der Waals surface area contributed by atoms with E-state index in [1.807, 2.05) is 13.1 Å². The molecule has 8 nitrogen and oxygen atoms in total. The third-order valence-electron chi connectivity index (χ3n) is 3.59. The van der Waals surface area contributed by atoms with Gasteiger partial charge in [0, 0.05) is 25.5 Å². The topological polar surface area (TPSA) is 111 Å². The van der Waals surface area contributed by atoms with Crippen LogP contribution < -0.4 is 16.4 Å². The van der Waals surface area contributed by atoms with Crippen molar-refractivity contribution < 1.29 is 4.79 Å². The van der Waals surface area contributed by atoms with Crippen molar-refractivity contribution in [2.75, 3.05) is 17.2 Å². The van der Waals surface area contributed by atoms with Crippen molar-refractivity contribution in [3.8, 4) is 0 Å². The number of amides is 1. The largest absolute Gasteiger partial charge is 0.369 e. The van der Waals surface area contributed by atoms with Crippen LogP contribution in [0.15, 0.2) is 18.6 Å². The lowest BCUT2D eigenvalue weighted by atomic mass is 10.2. The summed E-state index contributed by atoms with van der Waals surface area (Å²) in [6, 6.07) is 0. The minimum Gasteiger partial charge on any atom is -0.369 e. The first-order valence-electron chi connectivity index (χ1n) is 8.34. The molecule has 8 heteroatoms. The van der Waals surface area contributed by atoms with Crippen molar-refractivity contribution in [1.82, 2.24) is 19.7 Å². The molecule has 2 aromatic rings. The van der Waals surface area contributed by atoms with Gasteiger partial charge in [0.2, 0.25) is 5.95 Å². The van der Waals surface area contributed by atoms with Crippen LogP contribution in [0.4, 0.5) is 17.5 Å². The fourth-order valence-corrected chi connectivity index (χ4v) is 2.25. The molecule has 0 aromatic carbocycles. The summed E-state index contributed by atoms with van der Waals surface area (Å²) in [5.41, 5.74) is 6.48. The first kappa shape index (κ1) is 17.7. The van der Waals surface area contributed by atoms with Crippen LogP contribution in [-0.4, -0.2) is 32.2 Å². The van der Waals surface area contributed by atoms with Gasteiger partial charge in [0.05, 0.1) is 17.4 Å². The molecule has 130 valence electrons. The Bertz CT molecular complexity index is 668. The van der Waals surface area contributed by atoms with Crippen LogP contribution in [0.2, 0.25) is 0 Å². The van der Waals surface area contributed by atoms with E-state index in [1.54, 1.807) is 10.9 Å². The van der Waals surface area contributed by atoms with Crippen LogP contribution in [0.5, 0.6) is 0 Å². The number of nitrogens with two attached hydrogens (primary N) is 1. The quantitative estimate of drug-likeness (QED) is 0.577. The Kier molecular flexibility index (Phi) is 6.53. The zero-order valence-electron chi connectivity index (χ0n) is 14.2. The summed E-state index contributed by atoms with van der Waals surface area (Å²) in [6.45, 7) is 5.70. The van der Waals surface area contributed by atoms with E-state index in [-0.39, 0.29) is 0 Å². The molecule has 0 saturated heterocycles. The fourth-order valence-electron chi connectivity index (χ4n) is 2.25. The van der Waals surface area contributed by atoms with Gasteiger partial charge < -0.3 is 16.4 Å². The lowest BCUT2D eigenvalue weighted by Gasteiger charge is -2.10. The van der Waals surface area contributed by atoms with E-state index in [0.29, 0.717) is 17.3 Å². The highest BCUT2D eigenvalue weighted by Crippen LogP contribution is 2.17. The minimum atomic E-state index is -0.545. The van der Waals surface area contributed by atoms with Gasteiger partial charge in [-0.3, -0.25) is 9.48 Å². The van der Waals surface area contributed by atoms with Crippen molar-refractivity contribution in [2.45, 2.75) is 46.1 Å². The van der Waals surface area contributed by atoms with Gasteiger partial charge >= 0.3 is 0 Å². The lowest BCUT2D eigenvalue weighted by Crippen LogP contribution is -2.17. The van der Waals surface area contributed by atoms with Gasteiger partial charge in [-0.05, 0) is 13.3 Å².